The topological polar surface area (TPSA) is 55.5 Å². The van der Waals surface area contributed by atoms with Gasteiger partial charge in [0, 0.05) is 18.2 Å². The highest BCUT2D eigenvalue weighted by molar-refractivity contribution is 5.37. The lowest BCUT2D eigenvalue weighted by Gasteiger charge is -2.18. The van der Waals surface area contributed by atoms with Gasteiger partial charge in [-0.3, -0.25) is 0 Å². The van der Waals surface area contributed by atoms with E-state index in [0.29, 0.717) is 6.07 Å². The van der Waals surface area contributed by atoms with E-state index in [-0.39, 0.29) is 11.3 Å². The first-order valence-electron chi connectivity index (χ1n) is 4.44. The molecule has 0 saturated carbocycles. The van der Waals surface area contributed by atoms with Crippen LogP contribution in [0, 0.1) is 11.6 Å². The number of ether oxygens (including phenoxy) is 1. The fourth-order valence-electron chi connectivity index (χ4n) is 1.28. The molecule has 3 N–H and O–H groups in total. The van der Waals surface area contributed by atoms with Crippen LogP contribution in [0.15, 0.2) is 12.1 Å². The SMILES string of the molecule is COc1cc(F)cc(F)c1C(O)C(C)N. The van der Waals surface area contributed by atoms with E-state index in [2.05, 4.69) is 0 Å². The van der Waals surface area contributed by atoms with Gasteiger partial charge in [-0.05, 0) is 6.92 Å². The van der Waals surface area contributed by atoms with Crippen molar-refractivity contribution in [3.63, 3.8) is 0 Å². The van der Waals surface area contributed by atoms with Gasteiger partial charge in [-0.1, -0.05) is 0 Å². The summed E-state index contributed by atoms with van der Waals surface area (Å²) < 4.78 is 31.0. The molecule has 1 rings (SSSR count). The van der Waals surface area contributed by atoms with E-state index in [0.717, 1.165) is 6.07 Å². The van der Waals surface area contributed by atoms with Gasteiger partial charge in [-0.25, -0.2) is 8.78 Å². The van der Waals surface area contributed by atoms with E-state index in [1.807, 2.05) is 0 Å². The van der Waals surface area contributed by atoms with Gasteiger partial charge in [0.1, 0.15) is 23.5 Å². The van der Waals surface area contributed by atoms with Crippen molar-refractivity contribution in [2.75, 3.05) is 7.11 Å². The summed E-state index contributed by atoms with van der Waals surface area (Å²) >= 11 is 0. The van der Waals surface area contributed by atoms with Crippen molar-refractivity contribution < 1.29 is 18.6 Å². The number of aliphatic hydroxyl groups is 1. The Kier molecular flexibility index (Phi) is 3.60. The lowest BCUT2D eigenvalue weighted by atomic mass is 10.0. The van der Waals surface area contributed by atoms with Crippen molar-refractivity contribution in [1.29, 1.82) is 0 Å². The smallest absolute Gasteiger partial charge is 0.135 e. The summed E-state index contributed by atoms with van der Waals surface area (Å²) in [7, 11) is 1.27. The predicted octanol–water partition coefficient (Wildman–Crippen LogP) is 1.35. The summed E-state index contributed by atoms with van der Waals surface area (Å²) in [4.78, 5) is 0. The highest BCUT2D eigenvalue weighted by Crippen LogP contribution is 2.30. The van der Waals surface area contributed by atoms with E-state index in [4.69, 9.17) is 10.5 Å². The van der Waals surface area contributed by atoms with Gasteiger partial charge in [-0.2, -0.15) is 0 Å². The van der Waals surface area contributed by atoms with E-state index in [1.165, 1.54) is 14.0 Å². The number of hydrogen-bond acceptors (Lipinski definition) is 3. The Bertz CT molecular complexity index is 356. The second-order valence-corrected chi connectivity index (χ2v) is 3.31. The fraction of sp³-hybridized carbons (Fsp3) is 0.400. The van der Waals surface area contributed by atoms with Gasteiger partial charge < -0.3 is 15.6 Å². The van der Waals surface area contributed by atoms with Crippen LogP contribution in [0.5, 0.6) is 5.75 Å². The van der Waals surface area contributed by atoms with Gasteiger partial charge >= 0.3 is 0 Å². The molecule has 84 valence electrons. The Morgan fingerprint density at radius 2 is 2.00 bits per heavy atom. The second kappa shape index (κ2) is 4.55. The van der Waals surface area contributed by atoms with E-state index in [1.54, 1.807) is 0 Å². The largest absolute Gasteiger partial charge is 0.496 e. The van der Waals surface area contributed by atoms with Crippen molar-refractivity contribution in [3.8, 4) is 5.75 Å². The van der Waals surface area contributed by atoms with Crippen LogP contribution in [-0.2, 0) is 0 Å². The Morgan fingerprint density at radius 3 is 2.47 bits per heavy atom. The third kappa shape index (κ3) is 2.43. The van der Waals surface area contributed by atoms with Gasteiger partial charge in [0.05, 0.1) is 12.7 Å². The molecule has 2 unspecified atom stereocenters. The maximum absolute atomic E-state index is 13.4. The van der Waals surface area contributed by atoms with Gasteiger partial charge in [0.15, 0.2) is 0 Å². The molecule has 0 aliphatic rings. The van der Waals surface area contributed by atoms with Crippen molar-refractivity contribution in [2.24, 2.45) is 5.73 Å². The molecular formula is C10H13F2NO2. The zero-order valence-corrected chi connectivity index (χ0v) is 8.50. The molecule has 0 saturated heterocycles. The average molecular weight is 217 g/mol. The molecule has 0 heterocycles. The Morgan fingerprint density at radius 1 is 1.40 bits per heavy atom. The molecule has 5 heteroatoms. The number of nitrogens with two attached hydrogens (primary N) is 1. The second-order valence-electron chi connectivity index (χ2n) is 3.31. The number of hydrogen-bond donors (Lipinski definition) is 2. The highest BCUT2D eigenvalue weighted by atomic mass is 19.1. The minimum Gasteiger partial charge on any atom is -0.496 e. The molecule has 2 atom stereocenters. The molecule has 0 aliphatic heterocycles. The van der Waals surface area contributed by atoms with Gasteiger partial charge in [0.25, 0.3) is 0 Å². The van der Waals surface area contributed by atoms with E-state index in [9.17, 15) is 13.9 Å². The minimum absolute atomic E-state index is 0.0442. The van der Waals surface area contributed by atoms with Crippen molar-refractivity contribution in [1.82, 2.24) is 0 Å². The molecule has 0 aromatic heterocycles. The van der Waals surface area contributed by atoms with Crippen LogP contribution in [0.4, 0.5) is 8.78 Å². The summed E-state index contributed by atoms with van der Waals surface area (Å²) in [5.74, 6) is -1.67. The maximum Gasteiger partial charge on any atom is 0.135 e. The summed E-state index contributed by atoms with van der Waals surface area (Å²) in [5, 5.41) is 9.61. The van der Waals surface area contributed by atoms with E-state index < -0.39 is 23.8 Å². The van der Waals surface area contributed by atoms with Crippen LogP contribution in [-0.4, -0.2) is 18.3 Å². The third-order valence-corrected chi connectivity index (χ3v) is 2.07. The number of halogens is 2. The normalized spacial score (nSPS) is 14.8. The van der Waals surface area contributed by atoms with Crippen LogP contribution in [0.25, 0.3) is 0 Å². The molecule has 0 radical (unpaired) electrons. The summed E-state index contributed by atoms with van der Waals surface area (Å²) in [6.45, 7) is 1.52. The van der Waals surface area contributed by atoms with E-state index >= 15 is 0 Å². The zero-order chi connectivity index (χ0) is 11.6. The Hall–Kier alpha value is -1.20. The number of aliphatic hydroxyl groups excluding tert-OH is 1. The van der Waals surface area contributed by atoms with Crippen molar-refractivity contribution in [3.05, 3.63) is 29.3 Å². The molecule has 0 aliphatic carbocycles. The van der Waals surface area contributed by atoms with Crippen LogP contribution in [0.1, 0.15) is 18.6 Å². The standard InChI is InChI=1S/C10H13F2NO2/c1-5(13)10(14)9-7(12)3-6(11)4-8(9)15-2/h3-5,10,14H,13H2,1-2H3. The summed E-state index contributed by atoms with van der Waals surface area (Å²) in [6.07, 6.45) is -1.22. The van der Waals surface area contributed by atoms with Gasteiger partial charge in [-0.15, -0.1) is 0 Å². The first kappa shape index (κ1) is 11.9. The molecule has 0 fully saturated rings. The zero-order valence-electron chi connectivity index (χ0n) is 8.50. The molecule has 0 spiro atoms. The Labute approximate surface area is 86.5 Å². The molecule has 15 heavy (non-hydrogen) atoms. The summed E-state index contributed by atoms with van der Waals surface area (Å²) in [5.41, 5.74) is 5.32. The predicted molar refractivity (Wildman–Crippen MR) is 51.5 cm³/mol. The minimum atomic E-state index is -1.22. The van der Waals surface area contributed by atoms with Crippen molar-refractivity contribution >= 4 is 0 Å². The van der Waals surface area contributed by atoms with Crippen LogP contribution in [0.3, 0.4) is 0 Å². The molecule has 3 nitrogen and oxygen atoms in total. The molecule has 1 aromatic rings. The number of benzene rings is 1. The van der Waals surface area contributed by atoms with Crippen LogP contribution in [0.2, 0.25) is 0 Å². The molecular weight excluding hydrogens is 204 g/mol. The monoisotopic (exact) mass is 217 g/mol. The van der Waals surface area contributed by atoms with Crippen molar-refractivity contribution in [2.45, 2.75) is 19.1 Å². The number of rotatable bonds is 3. The van der Waals surface area contributed by atoms with Crippen LogP contribution >= 0.6 is 0 Å². The first-order chi connectivity index (χ1) is 6.97. The molecule has 1 aromatic carbocycles. The maximum atomic E-state index is 13.4. The third-order valence-electron chi connectivity index (χ3n) is 2.07. The average Bonchev–Trinajstić information content (AvgIpc) is 2.15. The quantitative estimate of drug-likeness (QED) is 0.803. The fourth-order valence-corrected chi connectivity index (χ4v) is 1.28. The lowest BCUT2D eigenvalue weighted by Crippen LogP contribution is -2.25. The van der Waals surface area contributed by atoms with Crippen LogP contribution < -0.4 is 10.5 Å². The Balaban J connectivity index is 3.26. The lowest BCUT2D eigenvalue weighted by molar-refractivity contribution is 0.144. The highest BCUT2D eigenvalue weighted by Gasteiger charge is 2.22. The first-order valence-corrected chi connectivity index (χ1v) is 4.44. The number of methoxy groups -OCH3 is 1. The molecule has 0 amide bonds. The van der Waals surface area contributed by atoms with Gasteiger partial charge in [0.2, 0.25) is 0 Å². The summed E-state index contributed by atoms with van der Waals surface area (Å²) in [6, 6.07) is 1.02. The molecule has 0 bridgehead atoms.